The Morgan fingerprint density at radius 2 is 1.76 bits per heavy atom. The Morgan fingerprint density at radius 3 is 2.24 bits per heavy atom. The number of amides is 2. The second-order valence-corrected chi connectivity index (χ2v) is 2.94. The van der Waals surface area contributed by atoms with Gasteiger partial charge < -0.3 is 9.47 Å². The zero-order valence-electron chi connectivity index (χ0n) is 10.2. The lowest BCUT2D eigenvalue weighted by molar-refractivity contribution is -0.140. The summed E-state index contributed by atoms with van der Waals surface area (Å²) in [6.07, 6.45) is 1.15. The maximum atomic E-state index is 11.6. The highest BCUT2D eigenvalue weighted by Gasteiger charge is 2.21. The number of hydrogen-bond acceptors (Lipinski definition) is 5. The van der Waals surface area contributed by atoms with Crippen LogP contribution in [0, 0.1) is 0 Å². The predicted octanol–water partition coefficient (Wildman–Crippen LogP) is 0.523. The van der Waals surface area contributed by atoms with E-state index in [1.807, 2.05) is 0 Å². The molecule has 0 aromatic carbocycles. The molecule has 0 saturated heterocycles. The molecule has 2 amide bonds. The van der Waals surface area contributed by atoms with Crippen LogP contribution >= 0.6 is 0 Å². The SMILES string of the molecule is CCO/C=C(\C(=O)NC(=O)CC)C(=O)OCC. The molecule has 1 N–H and O–H groups in total. The number of nitrogens with one attached hydrogen (secondary N) is 1. The monoisotopic (exact) mass is 243 g/mol. The van der Waals surface area contributed by atoms with Gasteiger partial charge in [-0.1, -0.05) is 6.92 Å². The van der Waals surface area contributed by atoms with Crippen molar-refractivity contribution in [3.8, 4) is 0 Å². The molecule has 96 valence electrons. The Kier molecular flexibility index (Phi) is 7.41. The van der Waals surface area contributed by atoms with Gasteiger partial charge in [0, 0.05) is 6.42 Å². The summed E-state index contributed by atoms with van der Waals surface area (Å²) >= 11 is 0. The molecule has 0 aliphatic rings. The van der Waals surface area contributed by atoms with Crippen LogP contribution in [0.1, 0.15) is 27.2 Å². The molecule has 0 rings (SSSR count). The summed E-state index contributed by atoms with van der Waals surface area (Å²) in [4.78, 5) is 34.0. The summed E-state index contributed by atoms with van der Waals surface area (Å²) in [5.41, 5.74) is -0.324. The number of carbonyl (C=O) groups excluding carboxylic acids is 3. The molecule has 0 radical (unpaired) electrons. The van der Waals surface area contributed by atoms with Crippen molar-refractivity contribution in [3.63, 3.8) is 0 Å². The van der Waals surface area contributed by atoms with Gasteiger partial charge in [-0.25, -0.2) is 4.79 Å². The number of imide groups is 1. The summed E-state index contributed by atoms with van der Waals surface area (Å²) in [5.74, 6) is -2.10. The zero-order chi connectivity index (χ0) is 13.3. The topological polar surface area (TPSA) is 81.7 Å². The molecule has 0 unspecified atom stereocenters. The predicted molar refractivity (Wildman–Crippen MR) is 59.8 cm³/mol. The van der Waals surface area contributed by atoms with E-state index in [0.29, 0.717) is 6.61 Å². The molecular formula is C11H17NO5. The van der Waals surface area contributed by atoms with E-state index in [4.69, 9.17) is 4.74 Å². The van der Waals surface area contributed by atoms with Crippen LogP contribution in [-0.4, -0.2) is 31.0 Å². The smallest absolute Gasteiger partial charge is 0.346 e. The maximum Gasteiger partial charge on any atom is 0.346 e. The zero-order valence-corrected chi connectivity index (χ0v) is 10.2. The molecule has 0 atom stereocenters. The lowest BCUT2D eigenvalue weighted by Crippen LogP contribution is -2.34. The Bertz CT molecular complexity index is 322. The van der Waals surface area contributed by atoms with E-state index in [1.165, 1.54) is 0 Å². The molecule has 6 heteroatoms. The normalized spacial score (nSPS) is 10.6. The Balaban J connectivity index is 4.74. The van der Waals surface area contributed by atoms with E-state index < -0.39 is 17.8 Å². The van der Waals surface area contributed by atoms with E-state index in [-0.39, 0.29) is 18.6 Å². The molecule has 0 aromatic rings. The highest BCUT2D eigenvalue weighted by molar-refractivity contribution is 6.19. The molecule has 0 spiro atoms. The van der Waals surface area contributed by atoms with E-state index >= 15 is 0 Å². The van der Waals surface area contributed by atoms with E-state index in [2.05, 4.69) is 10.1 Å². The third-order valence-corrected chi connectivity index (χ3v) is 1.68. The first-order chi connectivity index (χ1) is 8.06. The van der Waals surface area contributed by atoms with Gasteiger partial charge in [-0.2, -0.15) is 0 Å². The Hall–Kier alpha value is -1.85. The van der Waals surface area contributed by atoms with Crippen LogP contribution < -0.4 is 5.32 Å². The van der Waals surface area contributed by atoms with Gasteiger partial charge in [0.25, 0.3) is 5.91 Å². The van der Waals surface area contributed by atoms with Crippen LogP contribution in [0.4, 0.5) is 0 Å². The fourth-order valence-corrected chi connectivity index (χ4v) is 0.852. The van der Waals surface area contributed by atoms with Gasteiger partial charge in [0.15, 0.2) is 5.57 Å². The van der Waals surface area contributed by atoms with Gasteiger partial charge in [-0.3, -0.25) is 14.9 Å². The largest absolute Gasteiger partial charge is 0.500 e. The molecule has 0 aliphatic heterocycles. The van der Waals surface area contributed by atoms with Crippen molar-refractivity contribution in [2.45, 2.75) is 27.2 Å². The van der Waals surface area contributed by atoms with Gasteiger partial charge in [-0.15, -0.1) is 0 Å². The summed E-state index contributed by atoms with van der Waals surface area (Å²) < 4.78 is 9.54. The average Bonchev–Trinajstić information content (AvgIpc) is 2.29. The van der Waals surface area contributed by atoms with Crippen LogP contribution in [0.5, 0.6) is 0 Å². The maximum absolute atomic E-state index is 11.6. The molecule has 0 heterocycles. The minimum Gasteiger partial charge on any atom is -0.500 e. The second kappa shape index (κ2) is 8.32. The number of carbonyl (C=O) groups is 3. The van der Waals surface area contributed by atoms with Crippen molar-refractivity contribution in [3.05, 3.63) is 11.8 Å². The van der Waals surface area contributed by atoms with Crippen LogP contribution in [-0.2, 0) is 23.9 Å². The first-order valence-corrected chi connectivity index (χ1v) is 5.39. The fourth-order valence-electron chi connectivity index (χ4n) is 0.852. The van der Waals surface area contributed by atoms with Gasteiger partial charge in [0.1, 0.15) is 6.26 Å². The quantitative estimate of drug-likeness (QED) is 0.242. The molecule has 0 fully saturated rings. The van der Waals surface area contributed by atoms with E-state index in [9.17, 15) is 14.4 Å². The van der Waals surface area contributed by atoms with Crippen molar-refractivity contribution in [1.82, 2.24) is 5.32 Å². The van der Waals surface area contributed by atoms with Gasteiger partial charge in [0.05, 0.1) is 13.2 Å². The lowest BCUT2D eigenvalue weighted by Gasteiger charge is -2.06. The van der Waals surface area contributed by atoms with Crippen molar-refractivity contribution in [2.75, 3.05) is 13.2 Å². The van der Waals surface area contributed by atoms with Crippen LogP contribution in [0.3, 0.4) is 0 Å². The first kappa shape index (κ1) is 15.2. The van der Waals surface area contributed by atoms with Crippen LogP contribution in [0.2, 0.25) is 0 Å². The van der Waals surface area contributed by atoms with Crippen molar-refractivity contribution in [2.24, 2.45) is 0 Å². The van der Waals surface area contributed by atoms with Crippen molar-refractivity contribution < 1.29 is 23.9 Å². The van der Waals surface area contributed by atoms with Crippen LogP contribution in [0.15, 0.2) is 11.8 Å². The van der Waals surface area contributed by atoms with E-state index in [1.54, 1.807) is 20.8 Å². The van der Waals surface area contributed by atoms with Gasteiger partial charge in [0.2, 0.25) is 5.91 Å². The molecule has 6 nitrogen and oxygen atoms in total. The molecule has 17 heavy (non-hydrogen) atoms. The third-order valence-electron chi connectivity index (χ3n) is 1.68. The summed E-state index contributed by atoms with van der Waals surface area (Å²) in [5, 5.41) is 2.05. The molecule has 0 aliphatic carbocycles. The van der Waals surface area contributed by atoms with Gasteiger partial charge in [-0.05, 0) is 13.8 Å². The highest BCUT2D eigenvalue weighted by atomic mass is 16.5. The number of ether oxygens (including phenoxy) is 2. The Labute approximate surface area is 100.0 Å². The number of esters is 1. The minimum atomic E-state index is -0.817. The minimum absolute atomic E-state index is 0.136. The summed E-state index contributed by atoms with van der Waals surface area (Å²) in [6, 6.07) is 0. The third kappa shape index (κ3) is 5.70. The highest BCUT2D eigenvalue weighted by Crippen LogP contribution is 2.00. The second-order valence-electron chi connectivity index (χ2n) is 2.94. The first-order valence-electron chi connectivity index (χ1n) is 5.39. The Morgan fingerprint density at radius 1 is 1.12 bits per heavy atom. The van der Waals surface area contributed by atoms with E-state index in [0.717, 1.165) is 6.26 Å². The van der Waals surface area contributed by atoms with Gasteiger partial charge >= 0.3 is 5.97 Å². The van der Waals surface area contributed by atoms with Crippen molar-refractivity contribution >= 4 is 17.8 Å². The molecule has 0 bridgehead atoms. The van der Waals surface area contributed by atoms with Crippen molar-refractivity contribution in [1.29, 1.82) is 0 Å². The summed E-state index contributed by atoms with van der Waals surface area (Å²) in [7, 11) is 0. The number of hydrogen-bond donors (Lipinski definition) is 1. The average molecular weight is 243 g/mol. The lowest BCUT2D eigenvalue weighted by atomic mass is 10.2. The fraction of sp³-hybridized carbons (Fsp3) is 0.545. The standard InChI is InChI=1S/C11H17NO5/c1-4-9(13)12-10(14)8(7-16-5-2)11(15)17-6-3/h7H,4-6H2,1-3H3,(H,12,13,14)/b8-7+. The van der Waals surface area contributed by atoms with Crippen LogP contribution in [0.25, 0.3) is 0 Å². The number of rotatable bonds is 6. The molecule has 0 saturated carbocycles. The molecular weight excluding hydrogens is 226 g/mol. The summed E-state index contributed by atoms with van der Waals surface area (Å²) in [6.45, 7) is 5.35. The molecule has 0 aromatic heterocycles.